The van der Waals surface area contributed by atoms with E-state index in [2.05, 4.69) is 25.0 Å². The highest BCUT2D eigenvalue weighted by atomic mass is 32.1. The number of aryl methyl sites for hydroxylation is 2. The first-order valence-corrected chi connectivity index (χ1v) is 10.3. The van der Waals surface area contributed by atoms with Crippen molar-refractivity contribution < 1.29 is 4.79 Å². The molecule has 0 N–H and O–H groups in total. The molecule has 1 fully saturated rings. The lowest BCUT2D eigenvalue weighted by Crippen LogP contribution is -2.40. The number of imidazole rings is 1. The van der Waals surface area contributed by atoms with Gasteiger partial charge in [0.2, 0.25) is 0 Å². The first-order chi connectivity index (χ1) is 13.2. The molecule has 142 valence electrons. The number of rotatable bonds is 5. The van der Waals surface area contributed by atoms with Gasteiger partial charge < -0.3 is 9.47 Å². The van der Waals surface area contributed by atoms with Crippen molar-refractivity contribution in [1.29, 1.82) is 0 Å². The summed E-state index contributed by atoms with van der Waals surface area (Å²) in [7, 11) is 0. The maximum Gasteiger partial charge on any atom is 0.257 e. The van der Waals surface area contributed by atoms with Gasteiger partial charge in [-0.05, 0) is 26.7 Å². The van der Waals surface area contributed by atoms with E-state index >= 15 is 0 Å². The molecule has 0 aliphatic carbocycles. The molecule has 4 heterocycles. The van der Waals surface area contributed by atoms with Gasteiger partial charge in [-0.1, -0.05) is 0 Å². The Morgan fingerprint density at radius 1 is 1.37 bits per heavy atom. The smallest absolute Gasteiger partial charge is 0.257 e. The van der Waals surface area contributed by atoms with Crippen LogP contribution in [0.1, 0.15) is 53.3 Å². The van der Waals surface area contributed by atoms with Crippen molar-refractivity contribution in [2.24, 2.45) is 0 Å². The van der Waals surface area contributed by atoms with Crippen LogP contribution in [-0.2, 0) is 13.1 Å². The lowest BCUT2D eigenvalue weighted by Gasteiger charge is -2.32. The Morgan fingerprint density at radius 2 is 2.26 bits per heavy atom. The minimum Gasteiger partial charge on any atom is -0.338 e. The Labute approximate surface area is 162 Å². The van der Waals surface area contributed by atoms with E-state index in [4.69, 9.17) is 0 Å². The number of thiazole rings is 1. The summed E-state index contributed by atoms with van der Waals surface area (Å²) < 4.78 is 3.98. The molecule has 0 spiro atoms. The fraction of sp³-hybridized carbons (Fsp3) is 0.474. The SMILES string of the molecule is CCn1cc(C(=O)N2CCC[C@@H](c3nccn3Cc3cscn3)C2)c(C)n1. The van der Waals surface area contributed by atoms with Crippen molar-refractivity contribution in [1.82, 2.24) is 29.2 Å². The summed E-state index contributed by atoms with van der Waals surface area (Å²) in [6, 6.07) is 0. The van der Waals surface area contributed by atoms with Gasteiger partial charge in [0.1, 0.15) is 5.82 Å². The van der Waals surface area contributed by atoms with Crippen molar-refractivity contribution in [2.75, 3.05) is 13.1 Å². The molecule has 4 rings (SSSR count). The molecule has 3 aromatic rings. The number of carbonyl (C=O) groups excluding carboxylic acids is 1. The molecule has 1 aliphatic rings. The summed E-state index contributed by atoms with van der Waals surface area (Å²) in [4.78, 5) is 24.0. The van der Waals surface area contributed by atoms with Crippen LogP contribution in [0, 0.1) is 6.92 Å². The highest BCUT2D eigenvalue weighted by Crippen LogP contribution is 2.27. The Hall–Kier alpha value is -2.48. The zero-order chi connectivity index (χ0) is 18.8. The second-order valence-corrected chi connectivity index (χ2v) is 7.69. The highest BCUT2D eigenvalue weighted by Gasteiger charge is 2.29. The van der Waals surface area contributed by atoms with E-state index in [9.17, 15) is 4.79 Å². The van der Waals surface area contributed by atoms with Crippen LogP contribution in [0.25, 0.3) is 0 Å². The third-order valence-electron chi connectivity index (χ3n) is 5.14. The Balaban J connectivity index is 1.51. The van der Waals surface area contributed by atoms with Gasteiger partial charge in [-0.15, -0.1) is 11.3 Å². The van der Waals surface area contributed by atoms with Crippen LogP contribution >= 0.6 is 11.3 Å². The summed E-state index contributed by atoms with van der Waals surface area (Å²) in [5.41, 5.74) is 4.41. The number of hydrogen-bond donors (Lipinski definition) is 0. The minimum absolute atomic E-state index is 0.0782. The Bertz CT molecular complexity index is 913. The van der Waals surface area contributed by atoms with E-state index in [0.29, 0.717) is 12.1 Å². The predicted octanol–water partition coefficient (Wildman–Crippen LogP) is 2.93. The lowest BCUT2D eigenvalue weighted by atomic mass is 9.96. The summed E-state index contributed by atoms with van der Waals surface area (Å²) in [6.45, 7) is 6.92. The van der Waals surface area contributed by atoms with Gasteiger partial charge in [0.15, 0.2) is 0 Å². The number of hydrogen-bond acceptors (Lipinski definition) is 5. The van der Waals surface area contributed by atoms with E-state index < -0.39 is 0 Å². The van der Waals surface area contributed by atoms with E-state index in [-0.39, 0.29) is 11.8 Å². The van der Waals surface area contributed by atoms with Gasteiger partial charge in [0.05, 0.1) is 29.0 Å². The summed E-state index contributed by atoms with van der Waals surface area (Å²) in [5, 5.41) is 6.48. The molecular weight excluding hydrogens is 360 g/mol. The molecule has 1 aliphatic heterocycles. The van der Waals surface area contributed by atoms with Crippen LogP contribution in [-0.4, -0.2) is 48.2 Å². The van der Waals surface area contributed by atoms with Crippen molar-refractivity contribution in [3.8, 4) is 0 Å². The zero-order valence-corrected chi connectivity index (χ0v) is 16.5. The van der Waals surface area contributed by atoms with Crippen molar-refractivity contribution in [2.45, 2.75) is 45.7 Å². The van der Waals surface area contributed by atoms with Crippen molar-refractivity contribution in [3.63, 3.8) is 0 Å². The van der Waals surface area contributed by atoms with E-state index in [0.717, 1.165) is 49.7 Å². The number of aromatic nitrogens is 5. The van der Waals surface area contributed by atoms with E-state index in [1.165, 1.54) is 0 Å². The van der Waals surface area contributed by atoms with E-state index in [1.807, 2.05) is 47.5 Å². The molecule has 7 nitrogen and oxygen atoms in total. The molecule has 0 aromatic carbocycles. The molecule has 0 unspecified atom stereocenters. The van der Waals surface area contributed by atoms with Crippen LogP contribution in [0.5, 0.6) is 0 Å². The lowest BCUT2D eigenvalue weighted by molar-refractivity contribution is 0.0702. The van der Waals surface area contributed by atoms with Gasteiger partial charge in [-0.25, -0.2) is 9.97 Å². The highest BCUT2D eigenvalue weighted by molar-refractivity contribution is 7.07. The van der Waals surface area contributed by atoms with Gasteiger partial charge in [-0.3, -0.25) is 9.48 Å². The predicted molar refractivity (Wildman–Crippen MR) is 104 cm³/mol. The molecule has 1 atom stereocenters. The molecule has 0 bridgehead atoms. The van der Waals surface area contributed by atoms with Crippen LogP contribution < -0.4 is 0 Å². The van der Waals surface area contributed by atoms with Crippen molar-refractivity contribution >= 4 is 17.2 Å². The van der Waals surface area contributed by atoms with Crippen LogP contribution in [0.3, 0.4) is 0 Å². The fourth-order valence-corrected chi connectivity index (χ4v) is 4.29. The zero-order valence-electron chi connectivity index (χ0n) is 15.7. The number of piperidine rings is 1. The number of likely N-dealkylation sites (tertiary alicyclic amines) is 1. The molecule has 1 saturated heterocycles. The first kappa shape index (κ1) is 17.9. The second-order valence-electron chi connectivity index (χ2n) is 6.97. The molecule has 1 amide bonds. The maximum atomic E-state index is 13.0. The summed E-state index contributed by atoms with van der Waals surface area (Å²) in [5.74, 6) is 1.37. The molecule has 0 saturated carbocycles. The number of nitrogens with zero attached hydrogens (tertiary/aromatic N) is 6. The third-order valence-corrected chi connectivity index (χ3v) is 5.77. The molecule has 3 aromatic heterocycles. The molecule has 0 radical (unpaired) electrons. The topological polar surface area (TPSA) is 68.8 Å². The van der Waals surface area contributed by atoms with Gasteiger partial charge >= 0.3 is 0 Å². The average Bonchev–Trinajstić information content (AvgIpc) is 3.43. The van der Waals surface area contributed by atoms with E-state index in [1.54, 1.807) is 11.3 Å². The minimum atomic E-state index is 0.0782. The number of carbonyl (C=O) groups is 1. The van der Waals surface area contributed by atoms with Crippen LogP contribution in [0.2, 0.25) is 0 Å². The molecule has 8 heteroatoms. The fourth-order valence-electron chi connectivity index (χ4n) is 3.74. The summed E-state index contributed by atoms with van der Waals surface area (Å²) >= 11 is 1.60. The Morgan fingerprint density at radius 3 is 3.00 bits per heavy atom. The standard InChI is InChI=1S/C19H24N6OS/c1-3-25-11-17(14(2)22-25)19(26)24-7-4-5-15(9-24)18-20-6-8-23(18)10-16-12-27-13-21-16/h6,8,11-13,15H,3-5,7,9-10H2,1-2H3/t15-/m1/s1. The second kappa shape index (κ2) is 7.64. The molecule has 27 heavy (non-hydrogen) atoms. The average molecular weight is 385 g/mol. The largest absolute Gasteiger partial charge is 0.338 e. The molecular formula is C19H24N6OS. The monoisotopic (exact) mass is 384 g/mol. The van der Waals surface area contributed by atoms with Crippen molar-refractivity contribution in [3.05, 3.63) is 52.3 Å². The van der Waals surface area contributed by atoms with Gasteiger partial charge in [0.25, 0.3) is 5.91 Å². The van der Waals surface area contributed by atoms with Crippen LogP contribution in [0.15, 0.2) is 29.5 Å². The first-order valence-electron chi connectivity index (χ1n) is 9.37. The Kier molecular flexibility index (Phi) is 5.07. The third kappa shape index (κ3) is 3.66. The maximum absolute atomic E-state index is 13.0. The van der Waals surface area contributed by atoms with Gasteiger partial charge in [0, 0.05) is 49.5 Å². The normalized spacial score (nSPS) is 17.4. The summed E-state index contributed by atoms with van der Waals surface area (Å²) in [6.07, 6.45) is 7.75. The van der Waals surface area contributed by atoms with Gasteiger partial charge in [-0.2, -0.15) is 5.10 Å². The van der Waals surface area contributed by atoms with Crippen LogP contribution in [0.4, 0.5) is 0 Å². The number of amides is 1. The quantitative estimate of drug-likeness (QED) is 0.678.